The summed E-state index contributed by atoms with van der Waals surface area (Å²) in [5.74, 6) is -0.207. The summed E-state index contributed by atoms with van der Waals surface area (Å²) in [7, 11) is 0. The van der Waals surface area contributed by atoms with Gasteiger partial charge in [0.25, 0.3) is 0 Å². The minimum absolute atomic E-state index is 0.0653. The molecule has 6 aromatic heterocycles. The Morgan fingerprint density at radius 2 is 0.787 bits per heavy atom. The van der Waals surface area contributed by atoms with Crippen LogP contribution in [0.3, 0.4) is 0 Å². The first-order valence-corrected chi connectivity index (χ1v) is 30.7. The molecule has 0 spiro atoms. The van der Waals surface area contributed by atoms with Crippen molar-refractivity contribution in [3.63, 3.8) is 0 Å². The average molecular weight is 1230 g/mol. The molecule has 0 amide bonds. The summed E-state index contributed by atoms with van der Waals surface area (Å²) in [5.41, 5.74) is 2.66. The van der Waals surface area contributed by atoms with Crippen LogP contribution in [-0.4, -0.2) is 23.1 Å². The molecular weight excluding hydrogens is 1200 g/mol. The van der Waals surface area contributed by atoms with E-state index in [4.69, 9.17) is 51.1 Å². The summed E-state index contributed by atoms with van der Waals surface area (Å²) >= 11 is 34.6. The quantitative estimate of drug-likeness (QED) is 0.123. The van der Waals surface area contributed by atoms with Crippen LogP contribution >= 0.6 is 114 Å². The second-order valence-corrected chi connectivity index (χ2v) is 29.0. The van der Waals surface area contributed by atoms with E-state index in [-0.39, 0.29) is 76.2 Å². The fourth-order valence-electron chi connectivity index (χ4n) is 11.1. The van der Waals surface area contributed by atoms with Crippen LogP contribution in [0.5, 0.6) is 5.75 Å². The molecule has 0 unspecified atom stereocenters. The van der Waals surface area contributed by atoms with Crippen LogP contribution in [0.4, 0.5) is 0 Å². The van der Waals surface area contributed by atoms with E-state index in [1.54, 1.807) is 69.6 Å². The lowest BCUT2D eigenvalue weighted by Gasteiger charge is -2.31. The molecule has 0 fully saturated rings. The molecular formula is C61H30Cl4N4O5S6. The fraction of sp³-hybridized carbons (Fsp3) is 0.148. The van der Waals surface area contributed by atoms with Gasteiger partial charge in [-0.2, -0.15) is 21.0 Å². The van der Waals surface area contributed by atoms with Gasteiger partial charge in [0.05, 0.1) is 50.4 Å². The number of hydrogen-bond donors (Lipinski definition) is 0. The highest BCUT2D eigenvalue weighted by atomic mass is 35.5. The van der Waals surface area contributed by atoms with Crippen molar-refractivity contribution in [3.8, 4) is 78.8 Å². The first-order chi connectivity index (χ1) is 38.0. The Kier molecular flexibility index (Phi) is 11.9. The van der Waals surface area contributed by atoms with E-state index in [1.807, 2.05) is 52.0 Å². The predicted molar refractivity (Wildman–Crippen MR) is 323 cm³/mol. The molecule has 0 saturated carbocycles. The smallest absolute Gasteiger partial charge is 0.194 e. The molecule has 9 nitrogen and oxygen atoms in total. The maximum atomic E-state index is 14.5. The van der Waals surface area contributed by atoms with Gasteiger partial charge in [-0.3, -0.25) is 19.2 Å². The second kappa shape index (κ2) is 18.1. The van der Waals surface area contributed by atoms with Gasteiger partial charge < -0.3 is 4.74 Å². The molecule has 0 bridgehead atoms. The Labute approximate surface area is 501 Å². The highest BCUT2D eigenvalue weighted by molar-refractivity contribution is 7.31. The third-order valence-corrected chi connectivity index (χ3v) is 24.2. The number of ketones is 4. The SMILES string of the molecule is CC1(C)Oc2cc(-c3cc4c(s3)-c3sc(/C=C5\C(=O)c6cc(Cl)c(Cl)cc6C5=C(C#N)C#N)cc3C(=O)C4(C)C)sc2-c2sc(-c3cc4c(s3)-c3sc(/C=C5\C(=O)c6cc(Cl)c(Cl)cc6C5=C(C#N)C#N)cc3C(=O)C4(C)C)cc21. The average Bonchev–Trinajstić information content (AvgIpc) is 4.49. The zero-order chi connectivity index (χ0) is 56.5. The fourth-order valence-corrected chi connectivity index (χ4v) is 19.6. The number of thiophene rings is 6. The minimum Gasteiger partial charge on any atom is -0.482 e. The first-order valence-electron chi connectivity index (χ1n) is 24.3. The standard InChI is InChI=1S/C61H30Cl4N4O5S6/c1-59(2)35-15-43(77-53(35)51-33(57(59)72)9-25(75-51)7-31-47(23(19-66)20-67)27-11-38(62)40(64)13-29(27)49(31)70)45-17-37-55(79-45)56-42(74-61(37,5)6)18-46(80-56)44-16-36-54(78-44)52-34(58(73)60(36,3)4)10-26(76-52)8-32-48(24(21-68)22-69)28-12-39(63)41(65)14-30(28)50(32)71/h7-18H,1-6H3/b31-7-,32-8-. The molecule has 13 rings (SSSR count). The van der Waals surface area contributed by atoms with Gasteiger partial charge in [0.1, 0.15) is 46.8 Å². The number of ether oxygens (including phenoxy) is 1. The summed E-state index contributed by atoms with van der Waals surface area (Å²) < 4.78 is 6.83. The van der Waals surface area contributed by atoms with Crippen molar-refractivity contribution in [1.29, 1.82) is 21.0 Å². The zero-order valence-electron chi connectivity index (χ0n) is 42.2. The maximum Gasteiger partial charge on any atom is 0.194 e. The molecule has 0 N–H and O–H groups in total. The van der Waals surface area contributed by atoms with E-state index in [0.717, 1.165) is 71.2 Å². The van der Waals surface area contributed by atoms with Crippen LogP contribution < -0.4 is 4.74 Å². The Morgan fingerprint density at radius 1 is 0.438 bits per heavy atom. The molecule has 5 aliphatic rings. The zero-order valence-corrected chi connectivity index (χ0v) is 50.1. The van der Waals surface area contributed by atoms with Crippen LogP contribution in [0.15, 0.2) is 83.0 Å². The monoisotopic (exact) mass is 1230 g/mol. The van der Waals surface area contributed by atoms with Crippen molar-refractivity contribution in [2.24, 2.45) is 0 Å². The molecule has 19 heteroatoms. The minimum atomic E-state index is -0.894. The number of nitriles is 4. The predicted octanol–water partition coefficient (Wildman–Crippen LogP) is 18.7. The molecule has 0 atom stereocenters. The number of allylic oxidation sites excluding steroid dienone is 6. The Hall–Kier alpha value is -6.80. The Bertz CT molecular complexity index is 4650. The van der Waals surface area contributed by atoms with Gasteiger partial charge in [-0.1, -0.05) is 46.4 Å². The lowest BCUT2D eigenvalue weighted by atomic mass is 9.74. The van der Waals surface area contributed by atoms with E-state index < -0.39 is 28.0 Å². The van der Waals surface area contributed by atoms with E-state index in [1.165, 1.54) is 46.9 Å². The highest BCUT2D eigenvalue weighted by Gasteiger charge is 2.45. The van der Waals surface area contributed by atoms with Gasteiger partial charge in [-0.05, 0) is 131 Å². The number of rotatable bonds is 4. The lowest BCUT2D eigenvalue weighted by Crippen LogP contribution is -2.31. The van der Waals surface area contributed by atoms with Gasteiger partial charge in [-0.25, -0.2) is 0 Å². The molecule has 0 radical (unpaired) electrons. The number of Topliss-reactive ketones (excluding diaryl/α,β-unsaturated/α-hetero) is 4. The maximum absolute atomic E-state index is 14.5. The summed E-state index contributed by atoms with van der Waals surface area (Å²) in [4.78, 5) is 67.5. The highest BCUT2D eigenvalue weighted by Crippen LogP contribution is 2.61. The van der Waals surface area contributed by atoms with Crippen molar-refractivity contribution >= 4 is 161 Å². The normalized spacial score (nSPS) is 17.3. The summed E-state index contributed by atoms with van der Waals surface area (Å²) in [6, 6.07) is 25.7. The van der Waals surface area contributed by atoms with Gasteiger partial charge in [0, 0.05) is 95.2 Å². The lowest BCUT2D eigenvalue weighted by molar-refractivity contribution is 0.0901. The molecule has 8 aromatic rings. The summed E-state index contributed by atoms with van der Waals surface area (Å²) in [5, 5.41) is 40.6. The van der Waals surface area contributed by atoms with Gasteiger partial charge in [0.2, 0.25) is 0 Å². The third-order valence-electron chi connectivity index (χ3n) is 15.2. The molecule has 7 heterocycles. The molecule has 0 saturated heterocycles. The Morgan fingerprint density at radius 3 is 1.19 bits per heavy atom. The number of nitrogens with zero attached hydrogens (tertiary/aromatic N) is 4. The second-order valence-electron chi connectivity index (χ2n) is 21.0. The van der Waals surface area contributed by atoms with Gasteiger partial charge >= 0.3 is 0 Å². The largest absolute Gasteiger partial charge is 0.482 e. The number of halogens is 4. The molecule has 2 aromatic carbocycles. The van der Waals surface area contributed by atoms with Gasteiger partial charge in [0.15, 0.2) is 23.1 Å². The van der Waals surface area contributed by atoms with Crippen molar-refractivity contribution in [1.82, 2.24) is 0 Å². The molecule has 4 aliphatic carbocycles. The van der Waals surface area contributed by atoms with Crippen molar-refractivity contribution < 1.29 is 23.9 Å². The van der Waals surface area contributed by atoms with Crippen LogP contribution in [0.1, 0.15) is 121 Å². The van der Waals surface area contributed by atoms with E-state index >= 15 is 0 Å². The van der Waals surface area contributed by atoms with E-state index in [9.17, 15) is 40.2 Å². The molecule has 80 heavy (non-hydrogen) atoms. The number of carbonyl (C=O) groups excluding carboxylic acids is 4. The summed E-state index contributed by atoms with van der Waals surface area (Å²) in [6.45, 7) is 11.8. The Balaban J connectivity index is 0.857. The number of benzene rings is 2. The number of fused-ring (bicyclic) bond motifs is 11. The van der Waals surface area contributed by atoms with Crippen LogP contribution in [-0.2, 0) is 16.4 Å². The van der Waals surface area contributed by atoms with Crippen LogP contribution in [0.25, 0.3) is 72.1 Å². The molecule has 1 aliphatic heterocycles. The van der Waals surface area contributed by atoms with Gasteiger partial charge in [-0.15, -0.1) is 68.0 Å². The molecule has 388 valence electrons. The number of hydrogen-bond acceptors (Lipinski definition) is 15. The third kappa shape index (κ3) is 7.51. The summed E-state index contributed by atoms with van der Waals surface area (Å²) in [6.07, 6.45) is 3.28. The van der Waals surface area contributed by atoms with Crippen molar-refractivity contribution in [3.05, 3.63) is 163 Å². The van der Waals surface area contributed by atoms with E-state index in [2.05, 4.69) is 38.1 Å². The van der Waals surface area contributed by atoms with Crippen LogP contribution in [0.2, 0.25) is 20.1 Å². The number of carbonyl (C=O) groups is 4. The van der Waals surface area contributed by atoms with Crippen LogP contribution in [0, 0.1) is 45.3 Å². The van der Waals surface area contributed by atoms with Crippen molar-refractivity contribution in [2.75, 3.05) is 0 Å². The topological polar surface area (TPSA) is 173 Å². The van der Waals surface area contributed by atoms with E-state index in [0.29, 0.717) is 32.0 Å². The van der Waals surface area contributed by atoms with Crippen molar-refractivity contribution in [2.45, 2.75) is 58.0 Å². The first kappa shape index (κ1) is 52.6.